The van der Waals surface area contributed by atoms with Crippen molar-refractivity contribution < 1.29 is 14.7 Å². The molecule has 4 nitrogen and oxygen atoms in total. The van der Waals surface area contributed by atoms with Gasteiger partial charge in [0.05, 0.1) is 0 Å². The summed E-state index contributed by atoms with van der Waals surface area (Å²) in [5, 5.41) is 11.7. The van der Waals surface area contributed by atoms with Crippen LogP contribution in [0.15, 0.2) is 0 Å². The van der Waals surface area contributed by atoms with E-state index in [-0.39, 0.29) is 23.7 Å². The molecule has 0 rings (SSSR count). The van der Waals surface area contributed by atoms with Crippen LogP contribution in [0.3, 0.4) is 0 Å². The Morgan fingerprint density at radius 3 is 1.94 bits per heavy atom. The van der Waals surface area contributed by atoms with Gasteiger partial charge in [0.1, 0.15) is 6.04 Å². The molecule has 0 bridgehead atoms. The standard InChI is InChI=1S/C13H25NO3/c1-6-7-10(8(2)3)12(15)14-11(9(4)5)13(16)17/h8-11H,6-7H2,1-5H3,(H,14,15)(H,16,17)/t10?,11-/m1/s1. The van der Waals surface area contributed by atoms with E-state index in [4.69, 9.17) is 5.11 Å². The number of carbonyl (C=O) groups is 2. The molecule has 4 heteroatoms. The molecule has 0 saturated carbocycles. The Kier molecular flexibility index (Phi) is 6.85. The molecule has 17 heavy (non-hydrogen) atoms. The summed E-state index contributed by atoms with van der Waals surface area (Å²) in [4.78, 5) is 23.0. The van der Waals surface area contributed by atoms with E-state index in [0.717, 1.165) is 12.8 Å². The van der Waals surface area contributed by atoms with Crippen molar-refractivity contribution in [2.45, 2.75) is 53.5 Å². The Morgan fingerprint density at radius 2 is 1.65 bits per heavy atom. The van der Waals surface area contributed by atoms with Crippen LogP contribution in [0, 0.1) is 17.8 Å². The number of carbonyl (C=O) groups excluding carboxylic acids is 1. The molecule has 2 atom stereocenters. The number of hydrogen-bond acceptors (Lipinski definition) is 2. The zero-order valence-corrected chi connectivity index (χ0v) is 11.5. The fourth-order valence-electron chi connectivity index (χ4n) is 1.85. The molecule has 0 aromatic rings. The van der Waals surface area contributed by atoms with Crippen molar-refractivity contribution in [3.8, 4) is 0 Å². The zero-order valence-electron chi connectivity index (χ0n) is 11.5. The zero-order chi connectivity index (χ0) is 13.6. The minimum Gasteiger partial charge on any atom is -0.480 e. The predicted octanol–water partition coefficient (Wildman–Crippen LogP) is 2.28. The number of hydrogen-bond donors (Lipinski definition) is 2. The summed E-state index contributed by atoms with van der Waals surface area (Å²) < 4.78 is 0. The molecule has 0 radical (unpaired) electrons. The third-order valence-electron chi connectivity index (χ3n) is 2.97. The van der Waals surface area contributed by atoms with Gasteiger partial charge in [0.25, 0.3) is 0 Å². The fraction of sp³-hybridized carbons (Fsp3) is 0.846. The molecule has 0 aliphatic heterocycles. The summed E-state index contributed by atoms with van der Waals surface area (Å²) in [5.41, 5.74) is 0. The van der Waals surface area contributed by atoms with E-state index >= 15 is 0 Å². The van der Waals surface area contributed by atoms with E-state index in [1.165, 1.54) is 0 Å². The highest BCUT2D eigenvalue weighted by atomic mass is 16.4. The number of amides is 1. The minimum atomic E-state index is -0.965. The van der Waals surface area contributed by atoms with Gasteiger partial charge >= 0.3 is 5.97 Å². The number of nitrogens with one attached hydrogen (secondary N) is 1. The Morgan fingerprint density at radius 1 is 1.12 bits per heavy atom. The first-order valence-electron chi connectivity index (χ1n) is 6.34. The number of aliphatic carboxylic acids is 1. The molecule has 0 fully saturated rings. The van der Waals surface area contributed by atoms with E-state index in [1.54, 1.807) is 13.8 Å². The van der Waals surface area contributed by atoms with Gasteiger partial charge in [0, 0.05) is 5.92 Å². The van der Waals surface area contributed by atoms with Gasteiger partial charge in [-0.05, 0) is 18.3 Å². The Balaban J connectivity index is 4.62. The Bertz CT molecular complexity index is 261. The van der Waals surface area contributed by atoms with Crippen LogP contribution in [0.5, 0.6) is 0 Å². The number of carboxylic acid groups (broad SMARTS) is 1. The average Bonchev–Trinajstić information content (AvgIpc) is 2.20. The normalized spacial score (nSPS) is 14.8. The van der Waals surface area contributed by atoms with Crippen molar-refractivity contribution in [2.75, 3.05) is 0 Å². The minimum absolute atomic E-state index is 0.0967. The highest BCUT2D eigenvalue weighted by Crippen LogP contribution is 2.18. The van der Waals surface area contributed by atoms with E-state index in [2.05, 4.69) is 5.32 Å². The number of carboxylic acids is 1. The monoisotopic (exact) mass is 243 g/mol. The van der Waals surface area contributed by atoms with Crippen molar-refractivity contribution in [2.24, 2.45) is 17.8 Å². The van der Waals surface area contributed by atoms with Crippen molar-refractivity contribution in [3.63, 3.8) is 0 Å². The lowest BCUT2D eigenvalue weighted by molar-refractivity contribution is -0.144. The summed E-state index contributed by atoms with van der Waals surface area (Å²) in [6, 6.07) is -0.791. The highest BCUT2D eigenvalue weighted by Gasteiger charge is 2.28. The second kappa shape index (κ2) is 7.30. The van der Waals surface area contributed by atoms with Crippen molar-refractivity contribution in [3.05, 3.63) is 0 Å². The molecule has 100 valence electrons. The van der Waals surface area contributed by atoms with E-state index in [9.17, 15) is 9.59 Å². The predicted molar refractivity (Wildman–Crippen MR) is 67.6 cm³/mol. The van der Waals surface area contributed by atoms with Crippen LogP contribution in [-0.4, -0.2) is 23.0 Å². The summed E-state index contributed by atoms with van der Waals surface area (Å²) in [6.45, 7) is 9.60. The first-order valence-corrected chi connectivity index (χ1v) is 6.34. The van der Waals surface area contributed by atoms with Gasteiger partial charge in [-0.25, -0.2) is 4.79 Å². The van der Waals surface area contributed by atoms with Crippen LogP contribution < -0.4 is 5.32 Å². The van der Waals surface area contributed by atoms with Crippen LogP contribution in [0.4, 0.5) is 0 Å². The van der Waals surface area contributed by atoms with Gasteiger partial charge in [0.2, 0.25) is 5.91 Å². The maximum absolute atomic E-state index is 12.0. The molecule has 2 N–H and O–H groups in total. The molecule has 1 unspecified atom stereocenters. The van der Waals surface area contributed by atoms with Gasteiger partial charge in [-0.1, -0.05) is 41.0 Å². The lowest BCUT2D eigenvalue weighted by atomic mass is 9.90. The summed E-state index contributed by atoms with van der Waals surface area (Å²) in [7, 11) is 0. The second-order valence-electron chi connectivity index (χ2n) is 5.21. The summed E-state index contributed by atoms with van der Waals surface area (Å²) in [5.74, 6) is -1.07. The second-order valence-corrected chi connectivity index (χ2v) is 5.21. The molecule has 0 aliphatic rings. The Labute approximate surface area is 104 Å². The highest BCUT2D eigenvalue weighted by molar-refractivity contribution is 5.85. The molecule has 0 aliphatic carbocycles. The van der Waals surface area contributed by atoms with E-state index in [1.807, 2.05) is 20.8 Å². The van der Waals surface area contributed by atoms with Crippen molar-refractivity contribution >= 4 is 11.9 Å². The van der Waals surface area contributed by atoms with Crippen LogP contribution in [0.1, 0.15) is 47.5 Å². The van der Waals surface area contributed by atoms with Gasteiger partial charge in [0.15, 0.2) is 0 Å². The van der Waals surface area contributed by atoms with Gasteiger partial charge in [-0.15, -0.1) is 0 Å². The van der Waals surface area contributed by atoms with Crippen molar-refractivity contribution in [1.82, 2.24) is 5.32 Å². The largest absolute Gasteiger partial charge is 0.480 e. The molecule has 0 aromatic carbocycles. The van der Waals surface area contributed by atoms with Gasteiger partial charge in [-0.3, -0.25) is 4.79 Å². The molecular weight excluding hydrogens is 218 g/mol. The van der Waals surface area contributed by atoms with Gasteiger partial charge < -0.3 is 10.4 Å². The van der Waals surface area contributed by atoms with E-state index < -0.39 is 12.0 Å². The van der Waals surface area contributed by atoms with Crippen LogP contribution in [0.25, 0.3) is 0 Å². The van der Waals surface area contributed by atoms with Gasteiger partial charge in [-0.2, -0.15) is 0 Å². The van der Waals surface area contributed by atoms with Crippen LogP contribution >= 0.6 is 0 Å². The van der Waals surface area contributed by atoms with E-state index in [0.29, 0.717) is 0 Å². The third-order valence-corrected chi connectivity index (χ3v) is 2.97. The maximum atomic E-state index is 12.0. The third kappa shape index (κ3) is 5.20. The lowest BCUT2D eigenvalue weighted by Crippen LogP contribution is -2.47. The fourth-order valence-corrected chi connectivity index (χ4v) is 1.85. The Hall–Kier alpha value is -1.06. The first kappa shape index (κ1) is 15.9. The molecule has 0 spiro atoms. The summed E-state index contributed by atoms with van der Waals surface area (Å²) >= 11 is 0. The van der Waals surface area contributed by atoms with Crippen molar-refractivity contribution in [1.29, 1.82) is 0 Å². The molecule has 0 saturated heterocycles. The van der Waals surface area contributed by atoms with Crippen LogP contribution in [-0.2, 0) is 9.59 Å². The maximum Gasteiger partial charge on any atom is 0.326 e. The first-order chi connectivity index (χ1) is 7.81. The molecule has 0 aromatic heterocycles. The number of rotatable bonds is 7. The smallest absolute Gasteiger partial charge is 0.326 e. The molecular formula is C13H25NO3. The quantitative estimate of drug-likeness (QED) is 0.721. The molecule has 0 heterocycles. The summed E-state index contributed by atoms with van der Waals surface area (Å²) in [6.07, 6.45) is 1.73. The molecule has 1 amide bonds. The average molecular weight is 243 g/mol. The SMILES string of the molecule is CCCC(C(=O)N[C@@H](C(=O)O)C(C)C)C(C)C. The lowest BCUT2D eigenvalue weighted by Gasteiger charge is -2.24. The van der Waals surface area contributed by atoms with Crippen LogP contribution in [0.2, 0.25) is 0 Å². The topological polar surface area (TPSA) is 66.4 Å².